The molecule has 0 bridgehead atoms. The fraction of sp³-hybridized carbons (Fsp3) is 0.0909. The lowest BCUT2D eigenvalue weighted by Crippen LogP contribution is -2.02. The van der Waals surface area contributed by atoms with Crippen LogP contribution < -0.4 is 0 Å². The van der Waals surface area contributed by atoms with Crippen LogP contribution in [0.25, 0.3) is 5.69 Å². The number of non-ortho nitro benzene ring substituents is 1. The first-order chi connectivity index (χ1) is 9.40. The molecule has 0 radical (unpaired) electrons. The van der Waals surface area contributed by atoms with E-state index in [-0.39, 0.29) is 11.3 Å². The molecule has 0 amide bonds. The number of benzene rings is 1. The van der Waals surface area contributed by atoms with Crippen LogP contribution in [0.2, 0.25) is 0 Å². The summed E-state index contributed by atoms with van der Waals surface area (Å²) >= 11 is 0. The van der Waals surface area contributed by atoms with E-state index in [1.165, 1.54) is 0 Å². The molecule has 0 atom stereocenters. The number of carboxylic acid groups (broad SMARTS) is 1. The van der Waals surface area contributed by atoms with Gasteiger partial charge in [-0.05, 0) is 6.07 Å². The number of aromatic nitrogens is 2. The predicted molar refractivity (Wildman–Crippen MR) is 62.1 cm³/mol. The van der Waals surface area contributed by atoms with Gasteiger partial charge in [0.05, 0.1) is 27.9 Å². The number of aromatic carboxylic acids is 1. The molecule has 0 saturated heterocycles. The van der Waals surface area contributed by atoms with Crippen LogP contribution in [-0.4, -0.2) is 25.8 Å². The molecule has 20 heavy (non-hydrogen) atoms. The summed E-state index contributed by atoms with van der Waals surface area (Å²) in [5.74, 6) is -1.25. The molecule has 1 aromatic carbocycles. The number of hydrogen-bond acceptors (Lipinski definition) is 4. The molecule has 0 aliphatic carbocycles. The van der Waals surface area contributed by atoms with Crippen molar-refractivity contribution < 1.29 is 23.6 Å². The third-order valence-electron chi connectivity index (χ3n) is 2.53. The first kappa shape index (κ1) is 13.6. The molecular formula is C11H7F2N3O4. The Bertz CT molecular complexity index is 684. The van der Waals surface area contributed by atoms with E-state index in [2.05, 4.69) is 5.10 Å². The van der Waals surface area contributed by atoms with Crippen LogP contribution in [0, 0.1) is 10.1 Å². The molecule has 0 spiro atoms. The lowest BCUT2D eigenvalue weighted by molar-refractivity contribution is -0.385. The van der Waals surface area contributed by atoms with E-state index in [1.54, 1.807) is 0 Å². The van der Waals surface area contributed by atoms with E-state index in [0.29, 0.717) is 0 Å². The number of alkyl halides is 2. The normalized spacial score (nSPS) is 10.8. The van der Waals surface area contributed by atoms with Crippen molar-refractivity contribution >= 4 is 11.7 Å². The number of rotatable bonds is 4. The van der Waals surface area contributed by atoms with Gasteiger partial charge in [0.2, 0.25) is 0 Å². The average Bonchev–Trinajstić information content (AvgIpc) is 2.87. The van der Waals surface area contributed by atoms with Crippen molar-refractivity contribution in [3.8, 4) is 5.69 Å². The molecule has 0 aliphatic heterocycles. The molecule has 0 fully saturated rings. The van der Waals surface area contributed by atoms with E-state index in [1.807, 2.05) is 0 Å². The number of nitro groups is 1. The largest absolute Gasteiger partial charge is 0.478 e. The minimum atomic E-state index is -2.96. The van der Waals surface area contributed by atoms with E-state index < -0.39 is 28.6 Å². The van der Waals surface area contributed by atoms with Crippen molar-refractivity contribution in [3.05, 3.63) is 51.8 Å². The lowest BCUT2D eigenvalue weighted by atomic mass is 10.1. The molecule has 2 rings (SSSR count). The molecule has 1 aromatic heterocycles. The Morgan fingerprint density at radius 2 is 2.15 bits per heavy atom. The third kappa shape index (κ3) is 2.46. The number of hydrogen-bond donors (Lipinski definition) is 1. The number of nitro benzene ring substituents is 1. The average molecular weight is 283 g/mol. The molecule has 104 valence electrons. The maximum Gasteiger partial charge on any atom is 0.338 e. The van der Waals surface area contributed by atoms with E-state index in [9.17, 15) is 23.7 Å². The van der Waals surface area contributed by atoms with Crippen molar-refractivity contribution in [2.45, 2.75) is 6.43 Å². The van der Waals surface area contributed by atoms with Gasteiger partial charge in [-0.3, -0.25) is 10.1 Å². The van der Waals surface area contributed by atoms with Crippen LogP contribution in [0.3, 0.4) is 0 Å². The van der Waals surface area contributed by atoms with Gasteiger partial charge in [-0.2, -0.15) is 5.10 Å². The SMILES string of the molecule is O=C(O)c1cnn(-c2ccc([N+](=O)[O-])cc2C(F)F)c1. The maximum absolute atomic E-state index is 12.9. The molecule has 7 nitrogen and oxygen atoms in total. The molecule has 1 N–H and O–H groups in total. The smallest absolute Gasteiger partial charge is 0.338 e. The maximum atomic E-state index is 12.9. The quantitative estimate of drug-likeness (QED) is 0.686. The summed E-state index contributed by atoms with van der Waals surface area (Å²) < 4.78 is 26.8. The molecule has 0 aliphatic rings. The van der Waals surface area contributed by atoms with E-state index in [0.717, 1.165) is 35.3 Å². The molecule has 2 aromatic rings. The summed E-state index contributed by atoms with van der Waals surface area (Å²) in [4.78, 5) is 20.5. The monoisotopic (exact) mass is 283 g/mol. The van der Waals surface area contributed by atoms with Gasteiger partial charge in [-0.15, -0.1) is 0 Å². The third-order valence-corrected chi connectivity index (χ3v) is 2.53. The Morgan fingerprint density at radius 3 is 2.65 bits per heavy atom. The Morgan fingerprint density at radius 1 is 1.45 bits per heavy atom. The first-order valence-corrected chi connectivity index (χ1v) is 5.25. The van der Waals surface area contributed by atoms with Crippen LogP contribution in [0.15, 0.2) is 30.6 Å². The summed E-state index contributed by atoms with van der Waals surface area (Å²) in [6.07, 6.45) is -0.906. The van der Waals surface area contributed by atoms with Gasteiger partial charge in [0.25, 0.3) is 12.1 Å². The van der Waals surface area contributed by atoms with Crippen LogP contribution in [-0.2, 0) is 0 Å². The second kappa shape index (κ2) is 5.03. The van der Waals surface area contributed by atoms with Gasteiger partial charge in [0, 0.05) is 18.3 Å². The van der Waals surface area contributed by atoms with Gasteiger partial charge in [-0.25, -0.2) is 18.3 Å². The fourth-order valence-corrected chi connectivity index (χ4v) is 1.60. The summed E-state index contributed by atoms with van der Waals surface area (Å²) in [5, 5.41) is 23.0. The minimum absolute atomic E-state index is 0.113. The van der Waals surface area contributed by atoms with Crippen LogP contribution in [0.4, 0.5) is 14.5 Å². The van der Waals surface area contributed by atoms with Gasteiger partial charge in [0.1, 0.15) is 0 Å². The zero-order chi connectivity index (χ0) is 14.9. The highest BCUT2D eigenvalue weighted by Gasteiger charge is 2.20. The molecular weight excluding hydrogens is 276 g/mol. The highest BCUT2D eigenvalue weighted by atomic mass is 19.3. The zero-order valence-electron chi connectivity index (χ0n) is 9.73. The lowest BCUT2D eigenvalue weighted by Gasteiger charge is -2.08. The molecule has 0 saturated carbocycles. The van der Waals surface area contributed by atoms with Gasteiger partial charge in [-0.1, -0.05) is 0 Å². The summed E-state index contributed by atoms with van der Waals surface area (Å²) in [7, 11) is 0. The Balaban J connectivity index is 2.54. The number of carbonyl (C=O) groups is 1. The second-order valence-electron chi connectivity index (χ2n) is 3.78. The highest BCUT2D eigenvalue weighted by molar-refractivity contribution is 5.87. The fourth-order valence-electron chi connectivity index (χ4n) is 1.60. The predicted octanol–water partition coefficient (Wildman–Crippen LogP) is 2.42. The Hall–Kier alpha value is -2.84. The summed E-state index contributed by atoms with van der Waals surface area (Å²) in [5.41, 5.74) is -1.37. The summed E-state index contributed by atoms with van der Waals surface area (Å²) in [6.45, 7) is 0. The van der Waals surface area contributed by atoms with Gasteiger partial charge in [0.15, 0.2) is 0 Å². The van der Waals surface area contributed by atoms with Crippen molar-refractivity contribution in [1.82, 2.24) is 9.78 Å². The van der Waals surface area contributed by atoms with Crippen LogP contribution in [0.5, 0.6) is 0 Å². The standard InChI is InChI=1S/C11H7F2N3O4/c12-10(13)8-3-7(16(19)20)1-2-9(8)15-5-6(4-14-15)11(17)18/h1-5,10H,(H,17,18). The second-order valence-corrected chi connectivity index (χ2v) is 3.78. The number of nitrogens with zero attached hydrogens (tertiary/aromatic N) is 3. The number of halogens is 2. The van der Waals surface area contributed by atoms with Crippen LogP contribution >= 0.6 is 0 Å². The summed E-state index contributed by atoms with van der Waals surface area (Å²) in [6, 6.07) is 2.88. The van der Waals surface area contributed by atoms with Crippen LogP contribution in [0.1, 0.15) is 22.3 Å². The van der Waals surface area contributed by atoms with Crippen molar-refractivity contribution in [2.75, 3.05) is 0 Å². The molecule has 0 unspecified atom stereocenters. The Kier molecular flexibility index (Phi) is 3.42. The highest BCUT2D eigenvalue weighted by Crippen LogP contribution is 2.29. The van der Waals surface area contributed by atoms with E-state index in [4.69, 9.17) is 5.11 Å². The molecule has 9 heteroatoms. The topological polar surface area (TPSA) is 98.3 Å². The van der Waals surface area contributed by atoms with Crippen molar-refractivity contribution in [1.29, 1.82) is 0 Å². The first-order valence-electron chi connectivity index (χ1n) is 5.25. The van der Waals surface area contributed by atoms with E-state index >= 15 is 0 Å². The van der Waals surface area contributed by atoms with Crippen molar-refractivity contribution in [2.24, 2.45) is 0 Å². The van der Waals surface area contributed by atoms with Gasteiger partial charge < -0.3 is 5.11 Å². The Labute approximate surface area is 110 Å². The van der Waals surface area contributed by atoms with Crippen molar-refractivity contribution in [3.63, 3.8) is 0 Å². The van der Waals surface area contributed by atoms with Gasteiger partial charge >= 0.3 is 5.97 Å². The zero-order valence-corrected chi connectivity index (χ0v) is 9.73. The number of carboxylic acids is 1. The molecule has 1 heterocycles. The minimum Gasteiger partial charge on any atom is -0.478 e.